The van der Waals surface area contributed by atoms with E-state index in [1.54, 1.807) is 12.1 Å². The molecular weight excluding hydrogens is 326 g/mol. The van der Waals surface area contributed by atoms with Crippen LogP contribution in [0.15, 0.2) is 36.5 Å². The highest BCUT2D eigenvalue weighted by Crippen LogP contribution is 2.19. The quantitative estimate of drug-likeness (QED) is 0.914. The maximum Gasteiger partial charge on any atom is 0.272 e. The molecule has 1 N–H and O–H groups in total. The van der Waals surface area contributed by atoms with Gasteiger partial charge in [-0.25, -0.2) is 0 Å². The van der Waals surface area contributed by atoms with Crippen LogP contribution in [0.1, 0.15) is 51.7 Å². The number of carbonyl (C=O) groups is 2. The molecule has 0 spiro atoms. The van der Waals surface area contributed by atoms with Crippen molar-refractivity contribution >= 4 is 17.5 Å². The van der Waals surface area contributed by atoms with Gasteiger partial charge in [0.15, 0.2) is 0 Å². The zero-order valence-electron chi connectivity index (χ0n) is 15.6. The molecule has 1 fully saturated rings. The van der Waals surface area contributed by atoms with E-state index in [9.17, 15) is 9.59 Å². The Kier molecular flexibility index (Phi) is 5.35. The third kappa shape index (κ3) is 4.10. The monoisotopic (exact) mass is 351 g/mol. The predicted octanol–water partition coefficient (Wildman–Crippen LogP) is 3.82. The number of carbonyl (C=O) groups excluding carboxylic acids is 2. The van der Waals surface area contributed by atoms with Crippen molar-refractivity contribution in [2.75, 3.05) is 18.4 Å². The number of anilines is 1. The van der Waals surface area contributed by atoms with E-state index in [1.165, 1.54) is 6.20 Å². The molecule has 1 atom stereocenters. The summed E-state index contributed by atoms with van der Waals surface area (Å²) >= 11 is 0. The number of pyridine rings is 1. The summed E-state index contributed by atoms with van der Waals surface area (Å²) in [6.45, 7) is 7.63. The summed E-state index contributed by atoms with van der Waals surface area (Å²) in [4.78, 5) is 31.3. The van der Waals surface area contributed by atoms with Crippen molar-refractivity contribution in [3.8, 4) is 0 Å². The van der Waals surface area contributed by atoms with Crippen molar-refractivity contribution in [1.82, 2.24) is 9.88 Å². The van der Waals surface area contributed by atoms with Gasteiger partial charge in [-0.15, -0.1) is 0 Å². The molecular formula is C21H25N3O2. The summed E-state index contributed by atoms with van der Waals surface area (Å²) in [7, 11) is 0. The second-order valence-electron chi connectivity index (χ2n) is 7.20. The zero-order valence-corrected chi connectivity index (χ0v) is 15.6. The average Bonchev–Trinajstić information content (AvgIpc) is 2.63. The highest BCUT2D eigenvalue weighted by atomic mass is 16.2. The zero-order chi connectivity index (χ0) is 18.7. The van der Waals surface area contributed by atoms with E-state index >= 15 is 0 Å². The van der Waals surface area contributed by atoms with Crippen LogP contribution < -0.4 is 5.32 Å². The van der Waals surface area contributed by atoms with Gasteiger partial charge in [0.1, 0.15) is 5.69 Å². The van der Waals surface area contributed by atoms with Gasteiger partial charge in [-0.2, -0.15) is 0 Å². The Hall–Kier alpha value is -2.69. The smallest absolute Gasteiger partial charge is 0.272 e. The van der Waals surface area contributed by atoms with Crippen LogP contribution >= 0.6 is 0 Å². The maximum absolute atomic E-state index is 12.7. The third-order valence-corrected chi connectivity index (χ3v) is 4.82. The van der Waals surface area contributed by atoms with Crippen LogP contribution in [-0.4, -0.2) is 34.8 Å². The van der Waals surface area contributed by atoms with Gasteiger partial charge in [0.05, 0.1) is 0 Å². The molecule has 2 heterocycles. The molecule has 136 valence electrons. The number of nitrogens with zero attached hydrogens (tertiary/aromatic N) is 2. The molecule has 1 unspecified atom stereocenters. The van der Waals surface area contributed by atoms with Gasteiger partial charge in [0.25, 0.3) is 11.8 Å². The Balaban J connectivity index is 1.75. The van der Waals surface area contributed by atoms with E-state index in [0.29, 0.717) is 17.2 Å². The van der Waals surface area contributed by atoms with Crippen LogP contribution in [0.4, 0.5) is 5.69 Å². The molecule has 0 saturated carbocycles. The second-order valence-corrected chi connectivity index (χ2v) is 7.20. The molecule has 2 aromatic rings. The first-order valence-electron chi connectivity index (χ1n) is 9.08. The molecule has 3 rings (SSSR count). The molecule has 5 heteroatoms. The van der Waals surface area contributed by atoms with Crippen molar-refractivity contribution in [2.24, 2.45) is 5.92 Å². The van der Waals surface area contributed by atoms with Gasteiger partial charge >= 0.3 is 0 Å². The highest BCUT2D eigenvalue weighted by molar-refractivity contribution is 6.06. The Morgan fingerprint density at radius 3 is 2.73 bits per heavy atom. The third-order valence-electron chi connectivity index (χ3n) is 4.82. The molecule has 26 heavy (non-hydrogen) atoms. The number of benzene rings is 1. The number of piperidine rings is 1. The minimum absolute atomic E-state index is 0.0993. The summed E-state index contributed by atoms with van der Waals surface area (Å²) in [5, 5.41) is 2.91. The topological polar surface area (TPSA) is 62.3 Å². The van der Waals surface area contributed by atoms with Crippen LogP contribution in [0.25, 0.3) is 0 Å². The molecule has 1 aromatic carbocycles. The SMILES string of the molecule is Cc1ccc(NC(=O)c2ccnc(C(=O)N3CCCC(C)C3)c2)c(C)c1. The van der Waals surface area contributed by atoms with Crippen LogP contribution in [-0.2, 0) is 0 Å². The number of hydrogen-bond donors (Lipinski definition) is 1. The van der Waals surface area contributed by atoms with Gasteiger partial charge in [-0.1, -0.05) is 24.6 Å². The molecule has 1 aliphatic rings. The van der Waals surface area contributed by atoms with E-state index in [0.717, 1.165) is 42.7 Å². The molecule has 5 nitrogen and oxygen atoms in total. The lowest BCUT2D eigenvalue weighted by atomic mass is 10.00. The summed E-state index contributed by atoms with van der Waals surface area (Å²) in [6.07, 6.45) is 3.69. The molecule has 0 bridgehead atoms. The molecule has 2 amide bonds. The van der Waals surface area contributed by atoms with E-state index < -0.39 is 0 Å². The minimum atomic E-state index is -0.236. The van der Waals surface area contributed by atoms with Crippen molar-refractivity contribution in [3.63, 3.8) is 0 Å². The normalized spacial score (nSPS) is 17.0. The predicted molar refractivity (Wildman–Crippen MR) is 102 cm³/mol. The van der Waals surface area contributed by atoms with Gasteiger partial charge in [-0.3, -0.25) is 14.6 Å². The summed E-state index contributed by atoms with van der Waals surface area (Å²) in [5.74, 6) is 0.168. The average molecular weight is 351 g/mol. The van der Waals surface area contributed by atoms with Crippen LogP contribution in [0, 0.1) is 19.8 Å². The lowest BCUT2D eigenvalue weighted by Crippen LogP contribution is -2.39. The number of amides is 2. The Morgan fingerprint density at radius 2 is 2.00 bits per heavy atom. The van der Waals surface area contributed by atoms with Gasteiger partial charge in [-0.05, 0) is 56.4 Å². The maximum atomic E-state index is 12.7. The van der Waals surface area contributed by atoms with Gasteiger partial charge in [0, 0.05) is 30.5 Å². The number of nitrogens with one attached hydrogen (secondary N) is 1. The fourth-order valence-electron chi connectivity index (χ4n) is 3.37. The number of hydrogen-bond acceptors (Lipinski definition) is 3. The van der Waals surface area contributed by atoms with Gasteiger partial charge < -0.3 is 10.2 Å². The Labute approximate surface area is 154 Å². The Bertz CT molecular complexity index is 832. The van der Waals surface area contributed by atoms with Crippen molar-refractivity contribution < 1.29 is 9.59 Å². The number of aromatic nitrogens is 1. The van der Waals surface area contributed by atoms with Crippen molar-refractivity contribution in [2.45, 2.75) is 33.6 Å². The van der Waals surface area contributed by atoms with Gasteiger partial charge in [0.2, 0.25) is 0 Å². The highest BCUT2D eigenvalue weighted by Gasteiger charge is 2.23. The largest absolute Gasteiger partial charge is 0.337 e. The summed E-state index contributed by atoms with van der Waals surface area (Å²) < 4.78 is 0. The fraction of sp³-hybridized carbons (Fsp3) is 0.381. The van der Waals surface area contributed by atoms with E-state index in [2.05, 4.69) is 17.2 Å². The number of rotatable bonds is 3. The lowest BCUT2D eigenvalue weighted by molar-refractivity contribution is 0.0677. The fourth-order valence-corrected chi connectivity index (χ4v) is 3.37. The van der Waals surface area contributed by atoms with Crippen molar-refractivity contribution in [3.05, 3.63) is 58.9 Å². The second kappa shape index (κ2) is 7.68. The standard InChI is InChI=1S/C21H25N3O2/c1-14-6-7-18(16(3)11-14)23-20(25)17-8-9-22-19(12-17)21(26)24-10-4-5-15(2)13-24/h6-9,11-12,15H,4-5,10,13H2,1-3H3,(H,23,25). The first kappa shape index (κ1) is 18.1. The molecule has 0 aliphatic carbocycles. The summed E-state index contributed by atoms with van der Waals surface area (Å²) in [5.41, 5.74) is 3.69. The molecule has 1 aromatic heterocycles. The minimum Gasteiger partial charge on any atom is -0.337 e. The van der Waals surface area contributed by atoms with E-state index in [-0.39, 0.29) is 11.8 Å². The molecule has 1 saturated heterocycles. The van der Waals surface area contributed by atoms with E-state index in [4.69, 9.17) is 0 Å². The van der Waals surface area contributed by atoms with Crippen LogP contribution in [0.3, 0.4) is 0 Å². The van der Waals surface area contributed by atoms with Crippen LogP contribution in [0.2, 0.25) is 0 Å². The van der Waals surface area contributed by atoms with E-state index in [1.807, 2.05) is 36.9 Å². The molecule has 0 radical (unpaired) electrons. The summed E-state index contributed by atoms with van der Waals surface area (Å²) in [6, 6.07) is 9.09. The lowest BCUT2D eigenvalue weighted by Gasteiger charge is -2.30. The molecule has 1 aliphatic heterocycles. The number of aryl methyl sites for hydroxylation is 2. The van der Waals surface area contributed by atoms with Crippen molar-refractivity contribution in [1.29, 1.82) is 0 Å². The van der Waals surface area contributed by atoms with Crippen LogP contribution in [0.5, 0.6) is 0 Å². The first-order valence-corrected chi connectivity index (χ1v) is 9.08. The first-order chi connectivity index (χ1) is 12.4. The number of likely N-dealkylation sites (tertiary alicyclic amines) is 1. The Morgan fingerprint density at radius 1 is 1.19 bits per heavy atom.